The van der Waals surface area contributed by atoms with E-state index in [4.69, 9.17) is 0 Å². The van der Waals surface area contributed by atoms with Crippen molar-refractivity contribution >= 4 is 5.91 Å². The first-order valence-electron chi connectivity index (χ1n) is 7.67. The van der Waals surface area contributed by atoms with Crippen molar-refractivity contribution in [3.63, 3.8) is 0 Å². The molecule has 23 heavy (non-hydrogen) atoms. The van der Waals surface area contributed by atoms with Crippen molar-refractivity contribution in [2.24, 2.45) is 0 Å². The van der Waals surface area contributed by atoms with E-state index in [1.807, 2.05) is 0 Å². The third-order valence-electron chi connectivity index (χ3n) is 4.07. The number of nitrogens with one attached hydrogen (secondary N) is 2. The summed E-state index contributed by atoms with van der Waals surface area (Å²) in [4.78, 5) is 12.0. The molecule has 1 unspecified atom stereocenters. The minimum absolute atomic E-state index is 0.145. The molecule has 2 N–H and O–H groups in total. The topological polar surface area (TPSA) is 41.1 Å². The first-order valence-corrected chi connectivity index (χ1v) is 7.67. The molecule has 1 atom stereocenters. The lowest BCUT2D eigenvalue weighted by Gasteiger charge is -2.19. The average Bonchev–Trinajstić information content (AvgIpc) is 2.96. The molecule has 1 fully saturated rings. The minimum Gasteiger partial charge on any atom is -0.352 e. The Morgan fingerprint density at radius 1 is 1.30 bits per heavy atom. The molecule has 0 aliphatic heterocycles. The molecule has 0 bridgehead atoms. The van der Waals surface area contributed by atoms with Crippen molar-refractivity contribution in [2.75, 3.05) is 0 Å². The summed E-state index contributed by atoms with van der Waals surface area (Å²) >= 11 is 0. The second-order valence-electron chi connectivity index (χ2n) is 5.89. The third kappa shape index (κ3) is 4.92. The molecular weight excluding hydrogens is 312 g/mol. The highest BCUT2D eigenvalue weighted by Gasteiger charge is 2.33. The van der Waals surface area contributed by atoms with Crippen molar-refractivity contribution in [3.05, 3.63) is 35.1 Å². The van der Waals surface area contributed by atoms with Crippen LogP contribution in [0.25, 0.3) is 0 Å². The summed E-state index contributed by atoms with van der Waals surface area (Å²) in [6.07, 6.45) is -0.544. The van der Waals surface area contributed by atoms with Gasteiger partial charge in [-0.2, -0.15) is 13.2 Å². The Balaban J connectivity index is 1.96. The van der Waals surface area contributed by atoms with Crippen LogP contribution in [0.4, 0.5) is 17.6 Å². The van der Waals surface area contributed by atoms with Crippen molar-refractivity contribution in [3.8, 4) is 0 Å². The Labute approximate surface area is 132 Å². The van der Waals surface area contributed by atoms with Crippen LogP contribution in [-0.4, -0.2) is 18.0 Å². The highest BCUT2D eigenvalue weighted by Crippen LogP contribution is 2.32. The fourth-order valence-corrected chi connectivity index (χ4v) is 2.74. The van der Waals surface area contributed by atoms with Crippen LogP contribution >= 0.6 is 0 Å². The van der Waals surface area contributed by atoms with Crippen LogP contribution in [0.5, 0.6) is 0 Å². The third-order valence-corrected chi connectivity index (χ3v) is 4.07. The zero-order valence-electron chi connectivity index (χ0n) is 12.8. The molecule has 1 aromatic carbocycles. The van der Waals surface area contributed by atoms with Crippen LogP contribution in [0.3, 0.4) is 0 Å². The molecule has 0 radical (unpaired) electrons. The zero-order chi connectivity index (χ0) is 17.0. The maximum absolute atomic E-state index is 13.2. The number of benzene rings is 1. The summed E-state index contributed by atoms with van der Waals surface area (Å²) in [7, 11) is 0. The van der Waals surface area contributed by atoms with Gasteiger partial charge in [0.05, 0.1) is 11.6 Å². The SMILES string of the molecule is CC(NCc1cc(F)ccc1C(F)(F)F)C(=O)NC1CCCC1. The van der Waals surface area contributed by atoms with Crippen LogP contribution < -0.4 is 10.6 Å². The van der Waals surface area contributed by atoms with Crippen molar-refractivity contribution in [2.45, 2.75) is 57.4 Å². The molecule has 1 saturated carbocycles. The molecule has 3 nitrogen and oxygen atoms in total. The molecule has 2 rings (SSSR count). The van der Waals surface area contributed by atoms with Gasteiger partial charge in [0.25, 0.3) is 0 Å². The average molecular weight is 332 g/mol. The van der Waals surface area contributed by atoms with Crippen LogP contribution in [0.15, 0.2) is 18.2 Å². The molecule has 128 valence electrons. The lowest BCUT2D eigenvalue weighted by atomic mass is 10.1. The second-order valence-corrected chi connectivity index (χ2v) is 5.89. The van der Waals surface area contributed by atoms with Gasteiger partial charge in [-0.3, -0.25) is 4.79 Å². The van der Waals surface area contributed by atoms with Gasteiger partial charge in [0.2, 0.25) is 5.91 Å². The fraction of sp³-hybridized carbons (Fsp3) is 0.562. The number of halogens is 4. The summed E-state index contributed by atoms with van der Waals surface area (Å²) < 4.78 is 51.9. The Hall–Kier alpha value is -1.63. The van der Waals surface area contributed by atoms with E-state index in [1.165, 1.54) is 0 Å². The molecule has 0 saturated heterocycles. The summed E-state index contributed by atoms with van der Waals surface area (Å²) in [6.45, 7) is 1.35. The van der Waals surface area contributed by atoms with Gasteiger partial charge >= 0.3 is 6.18 Å². The lowest BCUT2D eigenvalue weighted by molar-refractivity contribution is -0.138. The zero-order valence-corrected chi connectivity index (χ0v) is 12.8. The van der Waals surface area contributed by atoms with E-state index in [2.05, 4.69) is 10.6 Å². The van der Waals surface area contributed by atoms with Crippen LogP contribution in [0, 0.1) is 5.82 Å². The highest BCUT2D eigenvalue weighted by molar-refractivity contribution is 5.81. The van der Waals surface area contributed by atoms with Gasteiger partial charge in [-0.1, -0.05) is 12.8 Å². The van der Waals surface area contributed by atoms with Crippen LogP contribution in [-0.2, 0) is 17.5 Å². The van der Waals surface area contributed by atoms with Gasteiger partial charge in [-0.05, 0) is 43.5 Å². The molecule has 1 aliphatic carbocycles. The van der Waals surface area contributed by atoms with Gasteiger partial charge in [0.1, 0.15) is 5.82 Å². The maximum Gasteiger partial charge on any atom is 0.416 e. The highest BCUT2D eigenvalue weighted by atomic mass is 19.4. The van der Waals surface area contributed by atoms with Crippen molar-refractivity contribution in [1.82, 2.24) is 10.6 Å². The van der Waals surface area contributed by atoms with E-state index < -0.39 is 23.6 Å². The number of carbonyl (C=O) groups excluding carboxylic acids is 1. The molecule has 0 aromatic heterocycles. The number of hydrogen-bond acceptors (Lipinski definition) is 2. The van der Waals surface area contributed by atoms with Gasteiger partial charge in [-0.25, -0.2) is 4.39 Å². The number of rotatable bonds is 5. The first-order chi connectivity index (χ1) is 10.8. The molecule has 1 amide bonds. The molecule has 1 aliphatic rings. The summed E-state index contributed by atoms with van der Waals surface area (Å²) in [5.74, 6) is -0.986. The fourth-order valence-electron chi connectivity index (χ4n) is 2.74. The number of carbonyl (C=O) groups is 1. The number of hydrogen-bond donors (Lipinski definition) is 2. The Kier molecular flexibility index (Phi) is 5.62. The normalized spacial score (nSPS) is 17.3. The van der Waals surface area contributed by atoms with E-state index in [0.29, 0.717) is 0 Å². The number of amides is 1. The Bertz CT molecular complexity index is 554. The van der Waals surface area contributed by atoms with Gasteiger partial charge in [-0.15, -0.1) is 0 Å². The van der Waals surface area contributed by atoms with Crippen molar-refractivity contribution in [1.29, 1.82) is 0 Å². The predicted octanol–water partition coefficient (Wildman–Crippen LogP) is 3.38. The summed E-state index contributed by atoms with van der Waals surface area (Å²) in [6, 6.07) is 1.84. The molecule has 7 heteroatoms. The minimum atomic E-state index is -4.56. The predicted molar refractivity (Wildman–Crippen MR) is 78.1 cm³/mol. The Morgan fingerprint density at radius 2 is 1.96 bits per heavy atom. The van der Waals surface area contributed by atoms with E-state index >= 15 is 0 Å². The van der Waals surface area contributed by atoms with Crippen LogP contribution in [0.2, 0.25) is 0 Å². The monoisotopic (exact) mass is 332 g/mol. The van der Waals surface area contributed by atoms with E-state index in [-0.39, 0.29) is 24.1 Å². The molecule has 0 spiro atoms. The lowest BCUT2D eigenvalue weighted by Crippen LogP contribution is -2.45. The largest absolute Gasteiger partial charge is 0.416 e. The van der Waals surface area contributed by atoms with Gasteiger partial charge in [0.15, 0.2) is 0 Å². The summed E-state index contributed by atoms with van der Waals surface area (Å²) in [5.41, 5.74) is -1.10. The smallest absolute Gasteiger partial charge is 0.352 e. The standard InChI is InChI=1S/C16H20F4N2O/c1-10(15(23)22-13-4-2-3-5-13)21-9-11-8-12(17)6-7-14(11)16(18,19)20/h6-8,10,13,21H,2-5,9H2,1H3,(H,22,23). The van der Waals surface area contributed by atoms with E-state index in [0.717, 1.165) is 43.9 Å². The quantitative estimate of drug-likeness (QED) is 0.812. The van der Waals surface area contributed by atoms with E-state index in [9.17, 15) is 22.4 Å². The molecular formula is C16H20F4N2O. The summed E-state index contributed by atoms with van der Waals surface area (Å²) in [5, 5.41) is 5.61. The second kappa shape index (κ2) is 7.29. The molecule has 0 heterocycles. The first kappa shape index (κ1) is 17.7. The van der Waals surface area contributed by atoms with E-state index in [1.54, 1.807) is 6.92 Å². The molecule has 1 aromatic rings. The Morgan fingerprint density at radius 3 is 2.57 bits per heavy atom. The maximum atomic E-state index is 13.2. The number of alkyl halides is 3. The van der Waals surface area contributed by atoms with Crippen molar-refractivity contribution < 1.29 is 22.4 Å². The van der Waals surface area contributed by atoms with Gasteiger partial charge in [0, 0.05) is 12.6 Å². The van der Waals surface area contributed by atoms with Crippen LogP contribution in [0.1, 0.15) is 43.7 Å². The van der Waals surface area contributed by atoms with Gasteiger partial charge < -0.3 is 10.6 Å².